The number of benzene rings is 1. The molecule has 19 heavy (non-hydrogen) atoms. The van der Waals surface area contributed by atoms with Gasteiger partial charge in [0, 0.05) is 12.5 Å². The van der Waals surface area contributed by atoms with Crippen molar-refractivity contribution in [2.75, 3.05) is 7.11 Å². The zero-order valence-electron chi connectivity index (χ0n) is 11.0. The van der Waals surface area contributed by atoms with Gasteiger partial charge in [-0.25, -0.2) is 0 Å². The van der Waals surface area contributed by atoms with Crippen molar-refractivity contribution in [1.29, 1.82) is 0 Å². The van der Waals surface area contributed by atoms with Crippen molar-refractivity contribution in [2.45, 2.75) is 19.9 Å². The molecular formula is C13H15N3O3. The molecule has 0 unspecified atom stereocenters. The smallest absolute Gasteiger partial charge is 0.249 e. The maximum atomic E-state index is 11.0. The van der Waals surface area contributed by atoms with Crippen molar-refractivity contribution in [3.05, 3.63) is 30.2 Å². The molecule has 0 spiro atoms. The summed E-state index contributed by atoms with van der Waals surface area (Å²) in [6, 6.07) is 7.02. The van der Waals surface area contributed by atoms with Crippen LogP contribution in [0.15, 0.2) is 28.8 Å². The van der Waals surface area contributed by atoms with Gasteiger partial charge in [0.05, 0.1) is 7.11 Å². The number of methoxy groups -OCH3 is 1. The lowest BCUT2D eigenvalue weighted by Gasteiger charge is -2.05. The molecule has 0 saturated carbocycles. The first-order valence-corrected chi connectivity index (χ1v) is 5.85. The Morgan fingerprint density at radius 2 is 2.05 bits per heavy atom. The Kier molecular flexibility index (Phi) is 3.79. The molecule has 2 aromatic rings. The summed E-state index contributed by atoms with van der Waals surface area (Å²) in [5.74, 6) is 1.48. The number of ether oxygens (including phenoxy) is 1. The van der Waals surface area contributed by atoms with E-state index in [1.165, 1.54) is 6.92 Å². The Balaban J connectivity index is 2.17. The van der Waals surface area contributed by atoms with Crippen LogP contribution in [0.5, 0.6) is 5.75 Å². The first-order chi connectivity index (χ1) is 9.10. The van der Waals surface area contributed by atoms with E-state index in [0.29, 0.717) is 11.7 Å². The predicted molar refractivity (Wildman–Crippen MR) is 68.5 cm³/mol. The average molecular weight is 261 g/mol. The molecule has 2 rings (SSSR count). The number of amides is 1. The summed E-state index contributed by atoms with van der Waals surface area (Å²) in [6.45, 7) is 3.23. The first-order valence-electron chi connectivity index (χ1n) is 5.85. The quantitative estimate of drug-likeness (QED) is 0.910. The second-order valence-electron chi connectivity index (χ2n) is 4.11. The summed E-state index contributed by atoms with van der Waals surface area (Å²) in [5.41, 5.74) is 0.825. The summed E-state index contributed by atoms with van der Waals surface area (Å²) < 4.78 is 10.2. The molecule has 1 amide bonds. The third kappa shape index (κ3) is 3.09. The van der Waals surface area contributed by atoms with Crippen LogP contribution in [-0.4, -0.2) is 23.2 Å². The van der Waals surface area contributed by atoms with Gasteiger partial charge < -0.3 is 14.6 Å². The Hall–Kier alpha value is -2.37. The average Bonchev–Trinajstić information content (AvgIpc) is 2.88. The molecule has 0 bridgehead atoms. The predicted octanol–water partition coefficient (Wildman–Crippen LogP) is 1.94. The number of carbonyl (C=O) groups is 1. The van der Waals surface area contributed by atoms with Crippen LogP contribution in [0, 0.1) is 0 Å². The zero-order chi connectivity index (χ0) is 13.8. The molecule has 6 heteroatoms. The van der Waals surface area contributed by atoms with Gasteiger partial charge in [0.25, 0.3) is 0 Å². The van der Waals surface area contributed by atoms with Crippen molar-refractivity contribution < 1.29 is 14.1 Å². The normalized spacial score (nSPS) is 11.9. The van der Waals surface area contributed by atoms with E-state index in [1.54, 1.807) is 14.0 Å². The van der Waals surface area contributed by atoms with Crippen molar-refractivity contribution in [2.24, 2.45) is 0 Å². The van der Waals surface area contributed by atoms with Crippen LogP contribution < -0.4 is 10.1 Å². The lowest BCUT2D eigenvalue weighted by molar-refractivity contribution is -0.119. The minimum atomic E-state index is -0.308. The zero-order valence-corrected chi connectivity index (χ0v) is 11.0. The molecule has 100 valence electrons. The van der Waals surface area contributed by atoms with E-state index in [0.717, 1.165) is 11.3 Å². The number of rotatable bonds is 4. The van der Waals surface area contributed by atoms with Crippen LogP contribution in [0.4, 0.5) is 0 Å². The fourth-order valence-electron chi connectivity index (χ4n) is 1.64. The molecule has 1 N–H and O–H groups in total. The Labute approximate surface area is 110 Å². The van der Waals surface area contributed by atoms with Gasteiger partial charge in [-0.05, 0) is 31.2 Å². The van der Waals surface area contributed by atoms with Crippen molar-refractivity contribution in [1.82, 2.24) is 15.5 Å². The highest BCUT2D eigenvalue weighted by Crippen LogP contribution is 2.21. The first kappa shape index (κ1) is 13.1. The Morgan fingerprint density at radius 3 is 2.63 bits per heavy atom. The second kappa shape index (κ2) is 5.51. The fraction of sp³-hybridized carbons (Fsp3) is 0.308. The second-order valence-corrected chi connectivity index (χ2v) is 4.11. The molecule has 0 aliphatic heterocycles. The molecule has 1 aromatic heterocycles. The van der Waals surface area contributed by atoms with E-state index in [9.17, 15) is 4.79 Å². The lowest BCUT2D eigenvalue weighted by Crippen LogP contribution is -2.23. The largest absolute Gasteiger partial charge is 0.497 e. The number of hydrogen-bond donors (Lipinski definition) is 1. The van der Waals surface area contributed by atoms with E-state index in [-0.39, 0.29) is 11.9 Å². The summed E-state index contributed by atoms with van der Waals surface area (Å²) in [4.78, 5) is 15.2. The molecule has 1 atom stereocenters. The van der Waals surface area contributed by atoms with Crippen LogP contribution in [0.2, 0.25) is 0 Å². The van der Waals surface area contributed by atoms with Gasteiger partial charge in [-0.2, -0.15) is 4.98 Å². The van der Waals surface area contributed by atoms with E-state index in [4.69, 9.17) is 9.26 Å². The molecule has 0 fully saturated rings. The van der Waals surface area contributed by atoms with Crippen molar-refractivity contribution >= 4 is 5.91 Å². The standard InChI is InChI=1S/C13H15N3O3/c1-8(14-9(2)17)13-15-12(16-19-13)10-4-6-11(18-3)7-5-10/h4-8H,1-3H3,(H,14,17)/t8-/m1/s1. The van der Waals surface area contributed by atoms with Gasteiger partial charge in [0.1, 0.15) is 11.8 Å². The molecule has 0 saturated heterocycles. The Morgan fingerprint density at radius 1 is 1.37 bits per heavy atom. The topological polar surface area (TPSA) is 77.3 Å². The van der Waals surface area contributed by atoms with Gasteiger partial charge in [0.2, 0.25) is 17.6 Å². The third-order valence-corrected chi connectivity index (χ3v) is 2.58. The number of carbonyl (C=O) groups excluding carboxylic acids is 1. The highest BCUT2D eigenvalue weighted by Gasteiger charge is 2.15. The fourth-order valence-corrected chi connectivity index (χ4v) is 1.64. The molecule has 0 aliphatic carbocycles. The highest BCUT2D eigenvalue weighted by molar-refractivity contribution is 5.73. The SMILES string of the molecule is COc1ccc(-c2noc([C@@H](C)NC(C)=O)n2)cc1. The molecule has 1 heterocycles. The number of aromatic nitrogens is 2. The van der Waals surface area contributed by atoms with E-state index < -0.39 is 0 Å². The summed E-state index contributed by atoms with van der Waals surface area (Å²) in [7, 11) is 1.61. The van der Waals surface area contributed by atoms with Crippen LogP contribution in [0.1, 0.15) is 25.8 Å². The monoisotopic (exact) mass is 261 g/mol. The van der Waals surface area contributed by atoms with E-state index in [2.05, 4.69) is 15.5 Å². The van der Waals surface area contributed by atoms with Crippen LogP contribution in [0.3, 0.4) is 0 Å². The van der Waals surface area contributed by atoms with Gasteiger partial charge in [-0.1, -0.05) is 5.16 Å². The van der Waals surface area contributed by atoms with E-state index >= 15 is 0 Å². The highest BCUT2D eigenvalue weighted by atomic mass is 16.5. The molecule has 0 radical (unpaired) electrons. The number of nitrogens with zero attached hydrogens (tertiary/aromatic N) is 2. The third-order valence-electron chi connectivity index (χ3n) is 2.58. The maximum absolute atomic E-state index is 11.0. The van der Waals surface area contributed by atoms with Crippen LogP contribution in [0.25, 0.3) is 11.4 Å². The molecule has 6 nitrogen and oxygen atoms in total. The number of nitrogens with one attached hydrogen (secondary N) is 1. The van der Waals surface area contributed by atoms with E-state index in [1.807, 2.05) is 24.3 Å². The van der Waals surface area contributed by atoms with Crippen molar-refractivity contribution in [3.63, 3.8) is 0 Å². The van der Waals surface area contributed by atoms with Crippen molar-refractivity contribution in [3.8, 4) is 17.1 Å². The minimum absolute atomic E-state index is 0.142. The molecule has 1 aromatic carbocycles. The van der Waals surface area contributed by atoms with Gasteiger partial charge in [-0.3, -0.25) is 4.79 Å². The molecular weight excluding hydrogens is 246 g/mol. The van der Waals surface area contributed by atoms with Crippen LogP contribution in [-0.2, 0) is 4.79 Å². The van der Waals surface area contributed by atoms with Gasteiger partial charge >= 0.3 is 0 Å². The molecule has 0 aliphatic rings. The summed E-state index contributed by atoms with van der Waals surface area (Å²) in [5, 5.41) is 6.58. The number of hydrogen-bond acceptors (Lipinski definition) is 5. The summed E-state index contributed by atoms with van der Waals surface area (Å²) >= 11 is 0. The van der Waals surface area contributed by atoms with Gasteiger partial charge in [0.15, 0.2) is 0 Å². The summed E-state index contributed by atoms with van der Waals surface area (Å²) in [6.07, 6.45) is 0. The van der Waals surface area contributed by atoms with Gasteiger partial charge in [-0.15, -0.1) is 0 Å². The minimum Gasteiger partial charge on any atom is -0.497 e. The lowest BCUT2D eigenvalue weighted by atomic mass is 10.2. The Bertz CT molecular complexity index is 563. The maximum Gasteiger partial charge on any atom is 0.249 e. The van der Waals surface area contributed by atoms with Crippen LogP contribution >= 0.6 is 0 Å².